The fourth-order valence-electron chi connectivity index (χ4n) is 3.79. The molecule has 0 fully saturated rings. The maximum Gasteiger partial charge on any atom is 0.105 e. The van der Waals surface area contributed by atoms with E-state index in [-0.39, 0.29) is 12.2 Å². The number of aliphatic hydroxyl groups excluding tert-OH is 2. The Balaban J connectivity index is 4.34. The Bertz CT molecular complexity index is 267. The van der Waals surface area contributed by atoms with E-state index >= 15 is 0 Å². The first-order chi connectivity index (χ1) is 12.0. The van der Waals surface area contributed by atoms with Crippen molar-refractivity contribution in [3.05, 3.63) is 0 Å². The van der Waals surface area contributed by atoms with E-state index in [2.05, 4.69) is 27.8 Å². The van der Waals surface area contributed by atoms with Crippen LogP contribution in [0.4, 0.5) is 0 Å². The van der Waals surface area contributed by atoms with Crippen molar-refractivity contribution in [3.8, 4) is 0 Å². The highest BCUT2D eigenvalue weighted by Gasteiger charge is 2.28. The Morgan fingerprint density at radius 2 is 1.00 bits per heavy atom. The number of unbranched alkanes of at least 4 members (excludes halogenated alkanes) is 8. The molecule has 0 amide bonds. The van der Waals surface area contributed by atoms with Crippen LogP contribution in [0.3, 0.4) is 0 Å². The minimum absolute atomic E-state index is 0.229. The number of nitrogens with zero attached hydrogens (tertiary/aromatic N) is 1. The molecule has 0 aromatic carbocycles. The van der Waals surface area contributed by atoms with Crippen LogP contribution in [0, 0.1) is 0 Å². The van der Waals surface area contributed by atoms with Crippen molar-refractivity contribution < 1.29 is 14.7 Å². The molecule has 0 saturated carbocycles. The standard InChI is InChI=1S/C22H48NO2/c1-5-8-11-12-13-14-15-18-23(4,19-21(24)16-9-6-2)20-22(25)17-10-7-3/h21-22,24-25H,5-20H2,1-4H3/q+1. The second kappa shape index (κ2) is 16.1. The summed E-state index contributed by atoms with van der Waals surface area (Å²) in [5.41, 5.74) is 0. The molecule has 0 aliphatic heterocycles. The molecule has 25 heavy (non-hydrogen) atoms. The summed E-state index contributed by atoms with van der Waals surface area (Å²) < 4.78 is 0.824. The molecule has 3 heteroatoms. The molecule has 2 unspecified atom stereocenters. The second-order valence-electron chi connectivity index (χ2n) is 8.42. The van der Waals surface area contributed by atoms with Gasteiger partial charge in [0, 0.05) is 0 Å². The quantitative estimate of drug-likeness (QED) is 0.258. The molecule has 152 valence electrons. The smallest absolute Gasteiger partial charge is 0.105 e. The molecular weight excluding hydrogens is 310 g/mol. The Labute approximate surface area is 158 Å². The zero-order chi connectivity index (χ0) is 19.0. The van der Waals surface area contributed by atoms with Crippen molar-refractivity contribution in [3.63, 3.8) is 0 Å². The minimum Gasteiger partial charge on any atom is -0.387 e. The van der Waals surface area contributed by atoms with Crippen LogP contribution in [0.15, 0.2) is 0 Å². The van der Waals surface area contributed by atoms with Crippen LogP contribution in [-0.2, 0) is 0 Å². The van der Waals surface area contributed by atoms with Crippen LogP contribution in [0.25, 0.3) is 0 Å². The molecule has 0 spiro atoms. The number of hydrogen-bond acceptors (Lipinski definition) is 2. The summed E-state index contributed by atoms with van der Waals surface area (Å²) in [6, 6.07) is 0. The van der Waals surface area contributed by atoms with Gasteiger partial charge in [-0.1, -0.05) is 78.6 Å². The van der Waals surface area contributed by atoms with Crippen molar-refractivity contribution in [1.82, 2.24) is 0 Å². The Kier molecular flexibility index (Phi) is 16.0. The molecule has 3 nitrogen and oxygen atoms in total. The summed E-state index contributed by atoms with van der Waals surface area (Å²) in [5.74, 6) is 0. The molecule has 0 aromatic rings. The lowest BCUT2D eigenvalue weighted by molar-refractivity contribution is -0.915. The molecule has 0 aliphatic rings. The molecule has 0 aliphatic carbocycles. The lowest BCUT2D eigenvalue weighted by Gasteiger charge is -2.38. The molecule has 0 bridgehead atoms. The first-order valence-corrected chi connectivity index (χ1v) is 11.2. The van der Waals surface area contributed by atoms with Gasteiger partial charge in [0.2, 0.25) is 0 Å². The van der Waals surface area contributed by atoms with Crippen molar-refractivity contribution >= 4 is 0 Å². The van der Waals surface area contributed by atoms with Crippen LogP contribution in [0.1, 0.15) is 104 Å². The molecule has 0 saturated heterocycles. The van der Waals surface area contributed by atoms with Gasteiger partial charge in [0.1, 0.15) is 25.3 Å². The van der Waals surface area contributed by atoms with E-state index < -0.39 is 0 Å². The van der Waals surface area contributed by atoms with Crippen molar-refractivity contribution in [2.75, 3.05) is 26.7 Å². The maximum absolute atomic E-state index is 10.4. The van der Waals surface area contributed by atoms with Gasteiger partial charge in [0.15, 0.2) is 0 Å². The molecule has 2 N–H and O–H groups in total. The van der Waals surface area contributed by atoms with Gasteiger partial charge in [-0.2, -0.15) is 0 Å². The highest BCUT2D eigenvalue weighted by atomic mass is 16.3. The molecule has 0 heterocycles. The predicted octanol–water partition coefficient (Wildman–Crippen LogP) is 5.29. The van der Waals surface area contributed by atoms with Gasteiger partial charge in [-0.25, -0.2) is 0 Å². The summed E-state index contributed by atoms with van der Waals surface area (Å²) in [7, 11) is 2.24. The number of likely N-dealkylation sites (N-methyl/N-ethyl adjacent to an activating group) is 1. The van der Waals surface area contributed by atoms with E-state index in [4.69, 9.17) is 0 Å². The van der Waals surface area contributed by atoms with Gasteiger partial charge >= 0.3 is 0 Å². The molecule has 0 rings (SSSR count). The summed E-state index contributed by atoms with van der Waals surface area (Å²) in [6.07, 6.45) is 15.0. The van der Waals surface area contributed by atoms with Crippen LogP contribution in [-0.4, -0.2) is 53.6 Å². The monoisotopic (exact) mass is 358 g/mol. The molecule has 0 aromatic heterocycles. The van der Waals surface area contributed by atoms with E-state index in [1.165, 1.54) is 44.9 Å². The average Bonchev–Trinajstić information content (AvgIpc) is 2.57. The van der Waals surface area contributed by atoms with Gasteiger partial charge in [0.25, 0.3) is 0 Å². The highest BCUT2D eigenvalue weighted by molar-refractivity contribution is 4.60. The SMILES string of the molecule is CCCCCCCCC[N+](C)(CC(O)CCCC)CC(O)CCCC. The van der Waals surface area contributed by atoms with Gasteiger partial charge in [-0.05, 0) is 25.7 Å². The highest BCUT2D eigenvalue weighted by Crippen LogP contribution is 2.16. The summed E-state index contributed by atoms with van der Waals surface area (Å²) >= 11 is 0. The zero-order valence-electron chi connectivity index (χ0n) is 17.8. The minimum atomic E-state index is -0.229. The summed E-state index contributed by atoms with van der Waals surface area (Å²) in [5, 5.41) is 20.8. The van der Waals surface area contributed by atoms with Gasteiger partial charge in [-0.3, -0.25) is 0 Å². The van der Waals surface area contributed by atoms with Crippen LogP contribution in [0.5, 0.6) is 0 Å². The van der Waals surface area contributed by atoms with Crippen molar-refractivity contribution in [2.24, 2.45) is 0 Å². The number of hydrogen-bond donors (Lipinski definition) is 2. The van der Waals surface area contributed by atoms with E-state index in [1.54, 1.807) is 0 Å². The number of rotatable bonds is 18. The third-order valence-electron chi connectivity index (χ3n) is 5.39. The number of aliphatic hydroxyl groups is 2. The lowest BCUT2D eigenvalue weighted by atomic mass is 10.1. The largest absolute Gasteiger partial charge is 0.387 e. The van der Waals surface area contributed by atoms with E-state index in [1.807, 2.05) is 0 Å². The second-order valence-corrected chi connectivity index (χ2v) is 8.42. The molecular formula is C22H48NO2+. The maximum atomic E-state index is 10.4. The number of quaternary nitrogens is 1. The van der Waals surface area contributed by atoms with Crippen molar-refractivity contribution in [1.29, 1.82) is 0 Å². The van der Waals surface area contributed by atoms with Gasteiger partial charge in [-0.15, -0.1) is 0 Å². The van der Waals surface area contributed by atoms with Gasteiger partial charge < -0.3 is 14.7 Å². The summed E-state index contributed by atoms with van der Waals surface area (Å²) in [4.78, 5) is 0. The summed E-state index contributed by atoms with van der Waals surface area (Å²) in [6.45, 7) is 9.27. The predicted molar refractivity (Wildman–Crippen MR) is 110 cm³/mol. The van der Waals surface area contributed by atoms with E-state index in [9.17, 15) is 10.2 Å². The third-order valence-corrected chi connectivity index (χ3v) is 5.39. The Morgan fingerprint density at radius 1 is 0.600 bits per heavy atom. The average molecular weight is 359 g/mol. The van der Waals surface area contributed by atoms with Crippen LogP contribution < -0.4 is 0 Å². The zero-order valence-corrected chi connectivity index (χ0v) is 17.8. The third kappa shape index (κ3) is 14.7. The normalized spacial score (nSPS) is 16.6. The fourth-order valence-corrected chi connectivity index (χ4v) is 3.79. The fraction of sp³-hybridized carbons (Fsp3) is 1.00. The first-order valence-electron chi connectivity index (χ1n) is 11.2. The van der Waals surface area contributed by atoms with E-state index in [0.717, 1.165) is 62.6 Å². The Morgan fingerprint density at radius 3 is 1.44 bits per heavy atom. The topological polar surface area (TPSA) is 40.5 Å². The molecule has 0 radical (unpaired) electrons. The van der Waals surface area contributed by atoms with Gasteiger partial charge in [0.05, 0.1) is 13.6 Å². The van der Waals surface area contributed by atoms with Crippen molar-refractivity contribution in [2.45, 2.75) is 116 Å². The Hall–Kier alpha value is -0.120. The molecule has 2 atom stereocenters. The van der Waals surface area contributed by atoms with Crippen LogP contribution >= 0.6 is 0 Å². The first kappa shape index (κ1) is 24.9. The lowest BCUT2D eigenvalue weighted by Crippen LogP contribution is -2.53. The van der Waals surface area contributed by atoms with E-state index in [0.29, 0.717) is 0 Å². The van der Waals surface area contributed by atoms with Crippen LogP contribution in [0.2, 0.25) is 0 Å².